The van der Waals surface area contributed by atoms with Crippen molar-refractivity contribution in [3.05, 3.63) is 53.1 Å². The number of rotatable bonds is 1. The molecule has 110 valence electrons. The van der Waals surface area contributed by atoms with Crippen LogP contribution in [-0.4, -0.2) is 25.9 Å². The molecule has 1 aromatic carbocycles. The number of aromatic nitrogens is 2. The predicted molar refractivity (Wildman–Crippen MR) is 82.0 cm³/mol. The zero-order chi connectivity index (χ0) is 15.2. The fourth-order valence-corrected chi connectivity index (χ4v) is 3.12. The molecule has 0 unspecified atom stereocenters. The van der Waals surface area contributed by atoms with E-state index in [2.05, 4.69) is 44.0 Å². The van der Waals surface area contributed by atoms with E-state index in [1.165, 1.54) is 16.7 Å². The van der Waals surface area contributed by atoms with Gasteiger partial charge in [0.2, 0.25) is 0 Å². The Morgan fingerprint density at radius 2 is 2.10 bits per heavy atom. The molecule has 4 heteroatoms. The van der Waals surface area contributed by atoms with E-state index < -0.39 is 0 Å². The summed E-state index contributed by atoms with van der Waals surface area (Å²) in [7, 11) is 1.86. The number of carbonyl (C=O) groups excluding carboxylic acids is 1. The van der Waals surface area contributed by atoms with Crippen LogP contribution in [0.5, 0.6) is 0 Å². The Balaban J connectivity index is 2.01. The second-order valence-electron chi connectivity index (χ2n) is 6.48. The molecule has 0 fully saturated rings. The number of aryl methyl sites for hydroxylation is 2. The van der Waals surface area contributed by atoms with Gasteiger partial charge in [-0.2, -0.15) is 0 Å². The van der Waals surface area contributed by atoms with Gasteiger partial charge in [0.05, 0.1) is 12.5 Å². The van der Waals surface area contributed by atoms with Gasteiger partial charge in [-0.1, -0.05) is 18.2 Å². The van der Waals surface area contributed by atoms with E-state index in [0.29, 0.717) is 12.2 Å². The van der Waals surface area contributed by atoms with E-state index in [0.717, 1.165) is 6.42 Å². The molecule has 0 bridgehead atoms. The summed E-state index contributed by atoms with van der Waals surface area (Å²) in [5, 5.41) is 0. The zero-order valence-electron chi connectivity index (χ0n) is 13.1. The molecule has 0 radical (unpaired) electrons. The molecule has 1 aliphatic heterocycles. The van der Waals surface area contributed by atoms with Crippen LogP contribution in [0.15, 0.2) is 30.7 Å². The molecule has 4 nitrogen and oxygen atoms in total. The third-order valence-electron chi connectivity index (χ3n) is 4.46. The predicted octanol–water partition coefficient (Wildman–Crippen LogP) is 2.71. The monoisotopic (exact) mass is 283 g/mol. The van der Waals surface area contributed by atoms with Gasteiger partial charge in [-0.05, 0) is 43.9 Å². The fraction of sp³-hybridized carbons (Fsp3) is 0.412. The van der Waals surface area contributed by atoms with Gasteiger partial charge in [-0.3, -0.25) is 4.79 Å². The number of carbonyl (C=O) groups is 1. The molecule has 0 N–H and O–H groups in total. The Hall–Kier alpha value is -2.10. The number of nitrogens with zero attached hydrogens (tertiary/aromatic N) is 3. The highest BCUT2D eigenvalue weighted by molar-refractivity contribution is 5.93. The minimum atomic E-state index is -0.194. The lowest BCUT2D eigenvalue weighted by Crippen LogP contribution is -2.52. The van der Waals surface area contributed by atoms with Crippen LogP contribution >= 0.6 is 0 Å². The third-order valence-corrected chi connectivity index (χ3v) is 4.46. The van der Waals surface area contributed by atoms with E-state index in [-0.39, 0.29) is 11.4 Å². The van der Waals surface area contributed by atoms with Gasteiger partial charge in [0.25, 0.3) is 5.91 Å². The minimum Gasteiger partial charge on any atom is -0.330 e. The van der Waals surface area contributed by atoms with Gasteiger partial charge in [0.15, 0.2) is 0 Å². The molecule has 3 rings (SSSR count). The van der Waals surface area contributed by atoms with Gasteiger partial charge in [0, 0.05) is 19.1 Å². The summed E-state index contributed by atoms with van der Waals surface area (Å²) < 4.78 is 1.78. The average Bonchev–Trinajstić information content (AvgIpc) is 2.84. The first-order valence-corrected chi connectivity index (χ1v) is 7.26. The van der Waals surface area contributed by atoms with E-state index in [4.69, 9.17) is 0 Å². The lowest BCUT2D eigenvalue weighted by atomic mass is 9.83. The zero-order valence-corrected chi connectivity index (χ0v) is 13.1. The number of benzene rings is 1. The Morgan fingerprint density at radius 1 is 1.33 bits per heavy atom. The van der Waals surface area contributed by atoms with Crippen LogP contribution < -0.4 is 0 Å². The summed E-state index contributed by atoms with van der Waals surface area (Å²) in [5.41, 5.74) is 4.40. The van der Waals surface area contributed by atoms with Crippen LogP contribution in [0, 0.1) is 6.92 Å². The molecule has 1 aliphatic rings. The number of amides is 1. The first-order chi connectivity index (χ1) is 9.90. The second-order valence-corrected chi connectivity index (χ2v) is 6.48. The summed E-state index contributed by atoms with van der Waals surface area (Å²) in [6.45, 7) is 7.08. The van der Waals surface area contributed by atoms with Crippen LogP contribution in [0.25, 0.3) is 0 Å². The summed E-state index contributed by atoms with van der Waals surface area (Å²) >= 11 is 0. The van der Waals surface area contributed by atoms with Gasteiger partial charge in [0.1, 0.15) is 5.69 Å². The highest BCUT2D eigenvalue weighted by atomic mass is 16.2. The maximum Gasteiger partial charge on any atom is 0.272 e. The van der Waals surface area contributed by atoms with Crippen molar-refractivity contribution in [3.63, 3.8) is 0 Å². The highest BCUT2D eigenvalue weighted by Crippen LogP contribution is 2.33. The topological polar surface area (TPSA) is 38.1 Å². The molecule has 0 aliphatic carbocycles. The normalized spacial score (nSPS) is 16.7. The first kappa shape index (κ1) is 13.9. The van der Waals surface area contributed by atoms with Crippen LogP contribution in [0.3, 0.4) is 0 Å². The molecular weight excluding hydrogens is 262 g/mol. The van der Waals surface area contributed by atoms with E-state index in [1.54, 1.807) is 17.1 Å². The molecule has 1 aromatic heterocycles. The maximum absolute atomic E-state index is 12.9. The molecule has 0 atom stereocenters. The quantitative estimate of drug-likeness (QED) is 0.807. The average molecular weight is 283 g/mol. The number of hydrogen-bond donors (Lipinski definition) is 0. The van der Waals surface area contributed by atoms with Crippen molar-refractivity contribution in [2.45, 2.75) is 39.3 Å². The van der Waals surface area contributed by atoms with Gasteiger partial charge >= 0.3 is 0 Å². The maximum atomic E-state index is 12.9. The molecule has 2 heterocycles. The van der Waals surface area contributed by atoms with Crippen LogP contribution in [-0.2, 0) is 20.0 Å². The fourth-order valence-electron chi connectivity index (χ4n) is 3.12. The lowest BCUT2D eigenvalue weighted by Gasteiger charge is -2.43. The first-order valence-electron chi connectivity index (χ1n) is 7.26. The highest BCUT2D eigenvalue weighted by Gasteiger charge is 2.37. The van der Waals surface area contributed by atoms with Crippen LogP contribution in [0.2, 0.25) is 0 Å². The number of imidazole rings is 1. The minimum absolute atomic E-state index is 0.0483. The van der Waals surface area contributed by atoms with Crippen LogP contribution in [0.4, 0.5) is 0 Å². The van der Waals surface area contributed by atoms with Crippen molar-refractivity contribution in [3.8, 4) is 0 Å². The Bertz CT molecular complexity index is 700. The SMILES string of the molecule is Cc1cccc2c1CC(C)(C)N(C(=O)c1cncn1C)C2. The molecule has 1 amide bonds. The van der Waals surface area contributed by atoms with E-state index >= 15 is 0 Å². The van der Waals surface area contributed by atoms with Crippen molar-refractivity contribution >= 4 is 5.91 Å². The molecule has 2 aromatic rings. The molecule has 0 saturated carbocycles. The van der Waals surface area contributed by atoms with Crippen molar-refractivity contribution in [2.24, 2.45) is 7.05 Å². The standard InChI is InChI=1S/C17H21N3O/c1-12-6-5-7-13-10-20(17(2,3)8-14(12)13)16(21)15-9-18-11-19(15)4/h5-7,9,11H,8,10H2,1-4H3. The lowest BCUT2D eigenvalue weighted by molar-refractivity contribution is 0.0478. The summed E-state index contributed by atoms with van der Waals surface area (Å²) in [4.78, 5) is 18.9. The second kappa shape index (κ2) is 4.72. The third kappa shape index (κ3) is 2.24. The van der Waals surface area contributed by atoms with Crippen LogP contribution in [0.1, 0.15) is 41.0 Å². The largest absolute Gasteiger partial charge is 0.330 e. The van der Waals surface area contributed by atoms with Gasteiger partial charge in [-0.25, -0.2) is 4.98 Å². The van der Waals surface area contributed by atoms with Gasteiger partial charge < -0.3 is 9.47 Å². The Morgan fingerprint density at radius 3 is 2.76 bits per heavy atom. The molecule has 21 heavy (non-hydrogen) atoms. The summed E-state index contributed by atoms with van der Waals surface area (Å²) in [6.07, 6.45) is 4.20. The van der Waals surface area contributed by atoms with Crippen molar-refractivity contribution < 1.29 is 4.79 Å². The van der Waals surface area contributed by atoms with Crippen molar-refractivity contribution in [1.82, 2.24) is 14.5 Å². The Kier molecular flexibility index (Phi) is 3.12. The summed E-state index contributed by atoms with van der Waals surface area (Å²) in [6, 6.07) is 6.34. The molecular formula is C17H21N3O. The van der Waals surface area contributed by atoms with E-state index in [9.17, 15) is 4.79 Å². The van der Waals surface area contributed by atoms with Crippen molar-refractivity contribution in [2.75, 3.05) is 0 Å². The van der Waals surface area contributed by atoms with E-state index in [1.807, 2.05) is 11.9 Å². The van der Waals surface area contributed by atoms with Gasteiger partial charge in [-0.15, -0.1) is 0 Å². The van der Waals surface area contributed by atoms with Crippen molar-refractivity contribution in [1.29, 1.82) is 0 Å². The number of hydrogen-bond acceptors (Lipinski definition) is 2. The molecule has 0 saturated heterocycles. The smallest absolute Gasteiger partial charge is 0.272 e. The Labute approximate surface area is 125 Å². The summed E-state index contributed by atoms with van der Waals surface area (Å²) in [5.74, 6) is 0.0483. The molecule has 0 spiro atoms. The number of fused-ring (bicyclic) bond motifs is 1.